The minimum atomic E-state index is -0.172. The van der Waals surface area contributed by atoms with Crippen LogP contribution in [0.1, 0.15) is 26.7 Å². The van der Waals surface area contributed by atoms with Crippen LogP contribution in [0.15, 0.2) is 0 Å². The minimum Gasteiger partial charge on any atom is -0.469 e. The topological polar surface area (TPSA) is 58.6 Å². The molecule has 0 aliphatic heterocycles. The van der Waals surface area contributed by atoms with Gasteiger partial charge in [0.1, 0.15) is 0 Å². The Bertz CT molecular complexity index is 161. The predicted molar refractivity (Wildman–Crippen MR) is 55.0 cm³/mol. The van der Waals surface area contributed by atoms with Gasteiger partial charge in [-0.25, -0.2) is 0 Å². The van der Waals surface area contributed by atoms with Crippen LogP contribution in [0.3, 0.4) is 0 Å². The maximum atomic E-state index is 10.8. The van der Waals surface area contributed by atoms with E-state index in [0.29, 0.717) is 6.42 Å². The van der Waals surface area contributed by atoms with Crippen molar-refractivity contribution in [3.63, 3.8) is 0 Å². The van der Waals surface area contributed by atoms with Crippen LogP contribution in [0.4, 0.5) is 0 Å². The van der Waals surface area contributed by atoms with Crippen molar-refractivity contribution < 1.29 is 14.6 Å². The first-order chi connectivity index (χ1) is 6.61. The fraction of sp³-hybridized carbons (Fsp3) is 0.900. The molecule has 0 bridgehead atoms. The van der Waals surface area contributed by atoms with Crippen molar-refractivity contribution in [2.24, 2.45) is 5.92 Å². The van der Waals surface area contributed by atoms with Gasteiger partial charge in [0.05, 0.1) is 7.11 Å². The van der Waals surface area contributed by atoms with Crippen molar-refractivity contribution in [1.29, 1.82) is 0 Å². The second-order valence-electron chi connectivity index (χ2n) is 3.58. The van der Waals surface area contributed by atoms with E-state index < -0.39 is 0 Å². The highest BCUT2D eigenvalue weighted by Crippen LogP contribution is 2.00. The molecule has 0 aromatic carbocycles. The van der Waals surface area contributed by atoms with E-state index in [4.69, 9.17) is 5.11 Å². The number of aliphatic hydroxyl groups excluding tert-OH is 1. The van der Waals surface area contributed by atoms with Gasteiger partial charge >= 0.3 is 5.97 Å². The molecule has 0 heterocycles. The molecule has 2 unspecified atom stereocenters. The number of carbonyl (C=O) groups is 1. The molecule has 2 atom stereocenters. The summed E-state index contributed by atoms with van der Waals surface area (Å²) < 4.78 is 4.52. The van der Waals surface area contributed by atoms with E-state index in [2.05, 4.69) is 10.1 Å². The van der Waals surface area contributed by atoms with Crippen molar-refractivity contribution in [2.75, 3.05) is 20.3 Å². The summed E-state index contributed by atoms with van der Waals surface area (Å²) in [5.74, 6) is 0.0720. The highest BCUT2D eigenvalue weighted by atomic mass is 16.5. The summed E-state index contributed by atoms with van der Waals surface area (Å²) in [5, 5.41) is 12.1. The maximum absolute atomic E-state index is 10.8. The summed E-state index contributed by atoms with van der Waals surface area (Å²) in [5.41, 5.74) is 0. The molecule has 0 aromatic rings. The summed E-state index contributed by atoms with van der Waals surface area (Å²) >= 11 is 0. The van der Waals surface area contributed by atoms with Crippen molar-refractivity contribution in [2.45, 2.75) is 32.7 Å². The number of rotatable bonds is 7. The molecule has 14 heavy (non-hydrogen) atoms. The average molecular weight is 203 g/mol. The second-order valence-corrected chi connectivity index (χ2v) is 3.58. The van der Waals surface area contributed by atoms with Gasteiger partial charge in [-0.15, -0.1) is 0 Å². The van der Waals surface area contributed by atoms with Crippen LogP contribution < -0.4 is 5.32 Å². The highest BCUT2D eigenvalue weighted by Gasteiger charge is 2.09. The van der Waals surface area contributed by atoms with Crippen LogP contribution in [0.5, 0.6) is 0 Å². The Hall–Kier alpha value is -0.610. The zero-order valence-corrected chi connectivity index (χ0v) is 9.25. The molecule has 0 aliphatic rings. The fourth-order valence-electron chi connectivity index (χ4n) is 1.02. The second kappa shape index (κ2) is 7.76. The molecule has 0 aliphatic carbocycles. The van der Waals surface area contributed by atoms with E-state index in [0.717, 1.165) is 13.0 Å². The van der Waals surface area contributed by atoms with Crippen LogP contribution in [0, 0.1) is 5.92 Å². The van der Waals surface area contributed by atoms with Gasteiger partial charge in [-0.05, 0) is 25.8 Å². The summed E-state index contributed by atoms with van der Waals surface area (Å²) in [4.78, 5) is 10.8. The van der Waals surface area contributed by atoms with E-state index in [1.807, 2.05) is 13.8 Å². The van der Waals surface area contributed by atoms with Crippen LogP contribution in [-0.4, -0.2) is 37.4 Å². The third-order valence-electron chi connectivity index (χ3n) is 2.39. The highest BCUT2D eigenvalue weighted by molar-refractivity contribution is 5.69. The average Bonchev–Trinajstić information content (AvgIpc) is 2.22. The normalized spacial score (nSPS) is 14.9. The van der Waals surface area contributed by atoms with Gasteiger partial charge in [-0.1, -0.05) is 6.92 Å². The Morgan fingerprint density at radius 1 is 1.50 bits per heavy atom. The van der Waals surface area contributed by atoms with E-state index in [1.54, 1.807) is 0 Å². The van der Waals surface area contributed by atoms with Crippen molar-refractivity contribution >= 4 is 5.97 Å². The standard InChI is InChI=1S/C10H21NO3/c1-8(7-12)9(2)11-6-4-5-10(13)14-3/h8-9,11-12H,4-7H2,1-3H3. The molecule has 4 nitrogen and oxygen atoms in total. The molecule has 0 fully saturated rings. The van der Waals surface area contributed by atoms with Crippen LogP contribution in [0.25, 0.3) is 0 Å². The van der Waals surface area contributed by atoms with Crippen molar-refractivity contribution in [3.05, 3.63) is 0 Å². The lowest BCUT2D eigenvalue weighted by molar-refractivity contribution is -0.140. The zero-order valence-electron chi connectivity index (χ0n) is 9.25. The van der Waals surface area contributed by atoms with E-state index in [-0.39, 0.29) is 24.5 Å². The Kier molecular flexibility index (Phi) is 7.42. The van der Waals surface area contributed by atoms with E-state index >= 15 is 0 Å². The third kappa shape index (κ3) is 5.94. The molecular formula is C10H21NO3. The summed E-state index contributed by atoms with van der Waals surface area (Å²) in [6, 6.07) is 0.276. The molecule has 0 rings (SSSR count). The van der Waals surface area contributed by atoms with Gasteiger partial charge in [0.15, 0.2) is 0 Å². The number of carbonyl (C=O) groups excluding carboxylic acids is 1. The molecule has 0 amide bonds. The lowest BCUT2D eigenvalue weighted by Gasteiger charge is -2.18. The molecule has 0 saturated carbocycles. The Balaban J connectivity index is 3.40. The molecule has 0 saturated heterocycles. The number of methoxy groups -OCH3 is 1. The fourth-order valence-corrected chi connectivity index (χ4v) is 1.02. The monoisotopic (exact) mass is 203 g/mol. The number of esters is 1. The number of ether oxygens (including phenoxy) is 1. The number of nitrogens with one attached hydrogen (secondary N) is 1. The lowest BCUT2D eigenvalue weighted by Crippen LogP contribution is -2.34. The Morgan fingerprint density at radius 3 is 2.64 bits per heavy atom. The van der Waals surface area contributed by atoms with Crippen molar-refractivity contribution in [3.8, 4) is 0 Å². The van der Waals surface area contributed by atoms with Gasteiger partial charge < -0.3 is 15.2 Å². The zero-order chi connectivity index (χ0) is 11.0. The summed E-state index contributed by atoms with van der Waals surface area (Å²) in [6.07, 6.45) is 1.22. The molecule has 0 radical (unpaired) electrons. The molecular weight excluding hydrogens is 182 g/mol. The Labute approximate surface area is 85.6 Å². The number of aliphatic hydroxyl groups is 1. The van der Waals surface area contributed by atoms with E-state index in [1.165, 1.54) is 7.11 Å². The third-order valence-corrected chi connectivity index (χ3v) is 2.39. The minimum absolute atomic E-state index is 0.172. The largest absolute Gasteiger partial charge is 0.469 e. The molecule has 0 spiro atoms. The number of hydrogen-bond donors (Lipinski definition) is 2. The molecule has 0 aromatic heterocycles. The van der Waals surface area contributed by atoms with E-state index in [9.17, 15) is 4.79 Å². The van der Waals surface area contributed by atoms with Crippen LogP contribution >= 0.6 is 0 Å². The number of hydrogen-bond acceptors (Lipinski definition) is 4. The van der Waals surface area contributed by atoms with Gasteiger partial charge in [0, 0.05) is 19.1 Å². The van der Waals surface area contributed by atoms with Crippen LogP contribution in [-0.2, 0) is 9.53 Å². The Morgan fingerprint density at radius 2 is 2.14 bits per heavy atom. The van der Waals surface area contributed by atoms with Gasteiger partial charge in [-0.3, -0.25) is 4.79 Å². The first kappa shape index (κ1) is 13.4. The molecule has 4 heteroatoms. The summed E-state index contributed by atoms with van der Waals surface area (Å²) in [7, 11) is 1.40. The first-order valence-corrected chi connectivity index (χ1v) is 5.02. The SMILES string of the molecule is COC(=O)CCCNC(C)C(C)CO. The lowest BCUT2D eigenvalue weighted by atomic mass is 10.1. The first-order valence-electron chi connectivity index (χ1n) is 5.02. The van der Waals surface area contributed by atoms with Crippen LogP contribution in [0.2, 0.25) is 0 Å². The quantitative estimate of drug-likeness (QED) is 0.468. The predicted octanol–water partition coefficient (Wildman–Crippen LogP) is 0.546. The molecule has 84 valence electrons. The van der Waals surface area contributed by atoms with Crippen molar-refractivity contribution in [1.82, 2.24) is 5.32 Å². The summed E-state index contributed by atoms with van der Waals surface area (Å²) in [6.45, 7) is 4.97. The molecule has 2 N–H and O–H groups in total. The van der Waals surface area contributed by atoms with Gasteiger partial charge in [0.25, 0.3) is 0 Å². The smallest absolute Gasteiger partial charge is 0.305 e. The van der Waals surface area contributed by atoms with Gasteiger partial charge in [-0.2, -0.15) is 0 Å². The van der Waals surface area contributed by atoms with Gasteiger partial charge in [0.2, 0.25) is 0 Å². The maximum Gasteiger partial charge on any atom is 0.305 e.